The molecule has 0 radical (unpaired) electrons. The largest absolute Gasteiger partial charge is 0.0613 e. The minimum absolute atomic E-state index is 0.0744. The molecule has 0 aromatic heterocycles. The fourth-order valence-electron chi connectivity index (χ4n) is 3.99. The molecule has 0 saturated heterocycles. The van der Waals surface area contributed by atoms with Gasteiger partial charge in [0.15, 0.2) is 0 Å². The molecule has 0 spiro atoms. The van der Waals surface area contributed by atoms with Gasteiger partial charge in [-0.1, -0.05) is 91.8 Å². The van der Waals surface area contributed by atoms with Crippen LogP contribution in [-0.4, -0.2) is 0 Å². The number of rotatable bonds is 0. The van der Waals surface area contributed by atoms with Crippen LogP contribution in [-0.2, 0) is 16.2 Å². The Kier molecular flexibility index (Phi) is 3.35. The first-order valence-corrected chi connectivity index (χ1v) is 8.73. The molecule has 0 nitrogen and oxygen atoms in total. The van der Waals surface area contributed by atoms with E-state index >= 15 is 0 Å². The van der Waals surface area contributed by atoms with Crippen LogP contribution in [0.5, 0.6) is 0 Å². The Balaban J connectivity index is 2.33. The fraction of sp³-hybridized carbons (Fsp3) is 0.478. The summed E-state index contributed by atoms with van der Waals surface area (Å²) in [6.45, 7) is 18.6. The highest BCUT2D eigenvalue weighted by molar-refractivity contribution is 5.82. The van der Waals surface area contributed by atoms with Crippen molar-refractivity contribution in [3.05, 3.63) is 58.7 Å². The predicted molar refractivity (Wildman–Crippen MR) is 101 cm³/mol. The highest BCUT2D eigenvalue weighted by Gasteiger charge is 2.39. The van der Waals surface area contributed by atoms with Crippen LogP contribution in [0.25, 0.3) is 11.1 Å². The van der Waals surface area contributed by atoms with Gasteiger partial charge in [0.25, 0.3) is 0 Å². The SMILES string of the molecule is CC(C)(C)c1ccc2c(c1)-c1cccc(C(C)(C)C)c1C2(C)C. The lowest BCUT2D eigenvalue weighted by atomic mass is 9.73. The number of benzene rings is 2. The molecule has 2 aromatic rings. The summed E-state index contributed by atoms with van der Waals surface area (Å²) in [4.78, 5) is 0. The monoisotopic (exact) mass is 306 g/mol. The lowest BCUT2D eigenvalue weighted by Gasteiger charge is -2.30. The zero-order valence-corrected chi connectivity index (χ0v) is 16.0. The molecule has 23 heavy (non-hydrogen) atoms. The van der Waals surface area contributed by atoms with Crippen LogP contribution in [0.3, 0.4) is 0 Å². The van der Waals surface area contributed by atoms with Crippen molar-refractivity contribution in [2.24, 2.45) is 0 Å². The van der Waals surface area contributed by atoms with Crippen molar-refractivity contribution in [1.82, 2.24) is 0 Å². The van der Waals surface area contributed by atoms with Crippen LogP contribution in [0.1, 0.15) is 77.6 Å². The topological polar surface area (TPSA) is 0 Å². The molecule has 0 fully saturated rings. The maximum Gasteiger partial charge on any atom is 0.0161 e. The van der Waals surface area contributed by atoms with E-state index in [1.807, 2.05) is 0 Å². The van der Waals surface area contributed by atoms with Crippen molar-refractivity contribution < 1.29 is 0 Å². The van der Waals surface area contributed by atoms with Crippen molar-refractivity contribution in [3.63, 3.8) is 0 Å². The first kappa shape index (κ1) is 16.3. The Morgan fingerprint density at radius 3 is 1.96 bits per heavy atom. The average Bonchev–Trinajstić information content (AvgIpc) is 2.66. The molecule has 0 atom stereocenters. The Labute approximate surface area is 141 Å². The van der Waals surface area contributed by atoms with Crippen molar-refractivity contribution in [2.75, 3.05) is 0 Å². The van der Waals surface area contributed by atoms with Crippen molar-refractivity contribution >= 4 is 0 Å². The lowest BCUT2D eigenvalue weighted by Crippen LogP contribution is -2.23. The molecule has 1 aliphatic carbocycles. The van der Waals surface area contributed by atoms with Gasteiger partial charge in [-0.3, -0.25) is 0 Å². The van der Waals surface area contributed by atoms with Gasteiger partial charge in [-0.15, -0.1) is 0 Å². The summed E-state index contributed by atoms with van der Waals surface area (Å²) < 4.78 is 0. The van der Waals surface area contributed by atoms with Crippen molar-refractivity contribution in [1.29, 1.82) is 0 Å². The molecule has 2 aromatic carbocycles. The van der Waals surface area contributed by atoms with Gasteiger partial charge in [0.1, 0.15) is 0 Å². The van der Waals surface area contributed by atoms with Gasteiger partial charge >= 0.3 is 0 Å². The quantitative estimate of drug-likeness (QED) is 0.515. The van der Waals surface area contributed by atoms with E-state index in [4.69, 9.17) is 0 Å². The third kappa shape index (κ3) is 2.43. The van der Waals surface area contributed by atoms with Crippen LogP contribution in [0.4, 0.5) is 0 Å². The summed E-state index contributed by atoms with van der Waals surface area (Å²) in [5.41, 5.74) is 9.18. The minimum Gasteiger partial charge on any atom is -0.0613 e. The normalized spacial score (nSPS) is 16.2. The molecular weight excluding hydrogens is 276 g/mol. The van der Waals surface area contributed by atoms with E-state index in [9.17, 15) is 0 Å². The van der Waals surface area contributed by atoms with E-state index in [-0.39, 0.29) is 16.2 Å². The number of hydrogen-bond acceptors (Lipinski definition) is 0. The fourth-order valence-corrected chi connectivity index (χ4v) is 3.99. The van der Waals surface area contributed by atoms with Gasteiger partial charge in [-0.05, 0) is 44.2 Å². The van der Waals surface area contributed by atoms with E-state index in [2.05, 4.69) is 91.8 Å². The average molecular weight is 306 g/mol. The molecule has 3 rings (SSSR count). The summed E-state index contributed by atoms with van der Waals surface area (Å²) in [7, 11) is 0. The Morgan fingerprint density at radius 2 is 1.39 bits per heavy atom. The molecule has 0 bridgehead atoms. The maximum absolute atomic E-state index is 2.43. The minimum atomic E-state index is 0.0744. The maximum atomic E-state index is 2.43. The molecule has 0 unspecified atom stereocenters. The van der Waals surface area contributed by atoms with E-state index in [1.54, 1.807) is 0 Å². The van der Waals surface area contributed by atoms with E-state index < -0.39 is 0 Å². The first-order valence-electron chi connectivity index (χ1n) is 8.73. The van der Waals surface area contributed by atoms with Crippen LogP contribution in [0.15, 0.2) is 36.4 Å². The highest BCUT2D eigenvalue weighted by Crippen LogP contribution is 2.52. The van der Waals surface area contributed by atoms with Crippen molar-refractivity contribution in [2.45, 2.75) is 71.6 Å². The lowest BCUT2D eigenvalue weighted by molar-refractivity contribution is 0.556. The van der Waals surface area contributed by atoms with Gasteiger partial charge in [0, 0.05) is 5.41 Å². The van der Waals surface area contributed by atoms with Crippen molar-refractivity contribution in [3.8, 4) is 11.1 Å². The van der Waals surface area contributed by atoms with E-state index in [0.29, 0.717) is 0 Å². The van der Waals surface area contributed by atoms with Crippen LogP contribution >= 0.6 is 0 Å². The summed E-state index contributed by atoms with van der Waals surface area (Å²) in [5, 5.41) is 0. The van der Waals surface area contributed by atoms with Gasteiger partial charge in [0.2, 0.25) is 0 Å². The molecule has 0 amide bonds. The molecule has 0 saturated carbocycles. The summed E-state index contributed by atoms with van der Waals surface area (Å²) in [6, 6.07) is 14.0. The zero-order valence-electron chi connectivity index (χ0n) is 16.0. The smallest absolute Gasteiger partial charge is 0.0161 e. The zero-order chi connectivity index (χ0) is 17.2. The van der Waals surface area contributed by atoms with Crippen LogP contribution < -0.4 is 0 Å². The molecular formula is C23H30. The van der Waals surface area contributed by atoms with Gasteiger partial charge in [0.05, 0.1) is 0 Å². The third-order valence-corrected chi connectivity index (χ3v) is 5.35. The van der Waals surface area contributed by atoms with Gasteiger partial charge in [-0.2, -0.15) is 0 Å². The molecule has 1 aliphatic rings. The number of hydrogen-bond donors (Lipinski definition) is 0. The summed E-state index contributed by atoms with van der Waals surface area (Å²) >= 11 is 0. The molecule has 0 aliphatic heterocycles. The second-order valence-electron chi connectivity index (χ2n) is 9.61. The predicted octanol–water partition coefficient (Wildman–Crippen LogP) is 6.59. The second-order valence-corrected chi connectivity index (χ2v) is 9.61. The summed E-state index contributed by atoms with van der Waals surface area (Å²) in [5.74, 6) is 0. The first-order chi connectivity index (χ1) is 10.4. The Morgan fingerprint density at radius 1 is 0.739 bits per heavy atom. The Bertz CT molecular complexity index is 762. The van der Waals surface area contributed by atoms with Gasteiger partial charge < -0.3 is 0 Å². The van der Waals surface area contributed by atoms with E-state index in [1.165, 1.54) is 33.4 Å². The molecule has 122 valence electrons. The van der Waals surface area contributed by atoms with Gasteiger partial charge in [-0.25, -0.2) is 0 Å². The molecule has 0 heterocycles. The molecule has 0 heteroatoms. The van der Waals surface area contributed by atoms with Crippen LogP contribution in [0, 0.1) is 0 Å². The van der Waals surface area contributed by atoms with E-state index in [0.717, 1.165) is 0 Å². The Hall–Kier alpha value is -1.56. The molecule has 0 N–H and O–H groups in total. The third-order valence-electron chi connectivity index (χ3n) is 5.35. The summed E-state index contributed by atoms with van der Waals surface area (Å²) in [6.07, 6.45) is 0. The standard InChI is InChI=1S/C23H30/c1-21(2,3)15-12-13-18-17(14-15)16-10-9-11-19(22(4,5)6)20(16)23(18,7)8/h9-14H,1-8H3. The highest BCUT2D eigenvalue weighted by atomic mass is 14.4. The number of fused-ring (bicyclic) bond motifs is 3. The van der Waals surface area contributed by atoms with Crippen LogP contribution in [0.2, 0.25) is 0 Å². The second kappa shape index (κ2) is 4.72.